The third kappa shape index (κ3) is 3.43. The van der Waals surface area contributed by atoms with Gasteiger partial charge in [-0.1, -0.05) is 53.2 Å². The van der Waals surface area contributed by atoms with E-state index in [1.165, 1.54) is 5.56 Å². The number of pyridine rings is 1. The summed E-state index contributed by atoms with van der Waals surface area (Å²) in [5.74, 6) is 0.850. The third-order valence-electron chi connectivity index (χ3n) is 5.43. The van der Waals surface area contributed by atoms with Crippen LogP contribution in [0, 0.1) is 13.8 Å². The standard InChI is InChI=1S/C25H18ClN3O2/c1-15-10-11-17(12-16(15)2)23-27-24(31-28-23)22-14-29(19-7-5-6-18(26)13-19)25(30)21-9-4-3-8-20(21)22/h3-14H,1-2H3. The summed E-state index contributed by atoms with van der Waals surface area (Å²) in [6.45, 7) is 4.11. The molecule has 3 aromatic carbocycles. The van der Waals surface area contributed by atoms with Crippen LogP contribution < -0.4 is 5.56 Å². The van der Waals surface area contributed by atoms with Gasteiger partial charge in [-0.2, -0.15) is 4.98 Å². The molecule has 0 aliphatic heterocycles. The average molecular weight is 428 g/mol. The van der Waals surface area contributed by atoms with E-state index in [4.69, 9.17) is 16.1 Å². The highest BCUT2D eigenvalue weighted by Gasteiger charge is 2.17. The van der Waals surface area contributed by atoms with Gasteiger partial charge in [-0.15, -0.1) is 0 Å². The molecular formula is C25H18ClN3O2. The van der Waals surface area contributed by atoms with Crippen LogP contribution in [0.3, 0.4) is 0 Å². The van der Waals surface area contributed by atoms with E-state index >= 15 is 0 Å². The van der Waals surface area contributed by atoms with Crippen molar-refractivity contribution in [3.63, 3.8) is 0 Å². The molecule has 0 aliphatic carbocycles. The molecule has 6 heteroatoms. The molecule has 0 bridgehead atoms. The Morgan fingerprint density at radius 2 is 1.71 bits per heavy atom. The summed E-state index contributed by atoms with van der Waals surface area (Å²) in [5, 5.41) is 6.05. The van der Waals surface area contributed by atoms with E-state index in [0.29, 0.717) is 33.4 Å². The van der Waals surface area contributed by atoms with Gasteiger partial charge in [-0.05, 0) is 55.3 Å². The average Bonchev–Trinajstić information content (AvgIpc) is 3.26. The smallest absolute Gasteiger partial charge is 0.262 e. The van der Waals surface area contributed by atoms with Gasteiger partial charge in [-0.25, -0.2) is 0 Å². The van der Waals surface area contributed by atoms with Gasteiger partial charge in [0.25, 0.3) is 11.4 Å². The summed E-state index contributed by atoms with van der Waals surface area (Å²) < 4.78 is 7.19. The largest absolute Gasteiger partial charge is 0.334 e. The van der Waals surface area contributed by atoms with Gasteiger partial charge in [0.2, 0.25) is 5.82 Å². The molecule has 2 heterocycles. The lowest BCUT2D eigenvalue weighted by molar-refractivity contribution is 0.432. The van der Waals surface area contributed by atoms with Crippen molar-refractivity contribution in [2.45, 2.75) is 13.8 Å². The van der Waals surface area contributed by atoms with Crippen molar-refractivity contribution < 1.29 is 4.52 Å². The second-order valence-electron chi connectivity index (χ2n) is 7.47. The zero-order valence-electron chi connectivity index (χ0n) is 17.0. The fourth-order valence-electron chi connectivity index (χ4n) is 3.61. The van der Waals surface area contributed by atoms with Crippen LogP contribution in [-0.4, -0.2) is 14.7 Å². The van der Waals surface area contributed by atoms with E-state index in [0.717, 1.165) is 16.5 Å². The van der Waals surface area contributed by atoms with Gasteiger partial charge in [0.05, 0.1) is 11.3 Å². The molecule has 31 heavy (non-hydrogen) atoms. The fourth-order valence-corrected chi connectivity index (χ4v) is 3.79. The summed E-state index contributed by atoms with van der Waals surface area (Å²) in [5.41, 5.74) is 4.44. The van der Waals surface area contributed by atoms with E-state index in [1.54, 1.807) is 29.0 Å². The Kier molecular flexibility index (Phi) is 4.68. The summed E-state index contributed by atoms with van der Waals surface area (Å²) in [6.07, 6.45) is 1.73. The molecular weight excluding hydrogens is 410 g/mol. The lowest BCUT2D eigenvalue weighted by Crippen LogP contribution is -2.18. The molecule has 0 radical (unpaired) electrons. The number of hydrogen-bond acceptors (Lipinski definition) is 4. The highest BCUT2D eigenvalue weighted by Crippen LogP contribution is 2.29. The molecule has 0 aliphatic rings. The quantitative estimate of drug-likeness (QED) is 0.355. The first-order valence-electron chi connectivity index (χ1n) is 9.83. The number of aryl methyl sites for hydroxylation is 2. The maximum atomic E-state index is 13.2. The van der Waals surface area contributed by atoms with Crippen LogP contribution >= 0.6 is 11.6 Å². The van der Waals surface area contributed by atoms with Crippen LogP contribution in [0.1, 0.15) is 11.1 Å². The third-order valence-corrected chi connectivity index (χ3v) is 5.67. The molecule has 5 aromatic rings. The van der Waals surface area contributed by atoms with Crippen LogP contribution in [-0.2, 0) is 0 Å². The number of aromatic nitrogens is 3. The lowest BCUT2D eigenvalue weighted by atomic mass is 10.1. The van der Waals surface area contributed by atoms with Crippen LogP contribution in [0.4, 0.5) is 0 Å². The van der Waals surface area contributed by atoms with Gasteiger partial charge in [0, 0.05) is 27.6 Å². The zero-order chi connectivity index (χ0) is 21.5. The Morgan fingerprint density at radius 3 is 2.48 bits per heavy atom. The number of nitrogens with zero attached hydrogens (tertiary/aromatic N) is 3. The van der Waals surface area contributed by atoms with Crippen molar-refractivity contribution in [3.8, 4) is 28.5 Å². The van der Waals surface area contributed by atoms with Crippen LogP contribution in [0.2, 0.25) is 5.02 Å². The Morgan fingerprint density at radius 1 is 0.903 bits per heavy atom. The summed E-state index contributed by atoms with van der Waals surface area (Å²) in [4.78, 5) is 17.8. The Bertz CT molecular complexity index is 1500. The first-order chi connectivity index (χ1) is 15.0. The van der Waals surface area contributed by atoms with Crippen molar-refractivity contribution in [3.05, 3.63) is 99.4 Å². The first-order valence-corrected chi connectivity index (χ1v) is 10.2. The van der Waals surface area contributed by atoms with Gasteiger partial charge in [0.1, 0.15) is 0 Å². The zero-order valence-corrected chi connectivity index (χ0v) is 17.7. The topological polar surface area (TPSA) is 60.9 Å². The predicted molar refractivity (Wildman–Crippen MR) is 123 cm³/mol. The minimum Gasteiger partial charge on any atom is -0.334 e. The second-order valence-corrected chi connectivity index (χ2v) is 7.90. The molecule has 0 N–H and O–H groups in total. The van der Waals surface area contributed by atoms with Gasteiger partial charge in [0.15, 0.2) is 0 Å². The minimum atomic E-state index is -0.143. The van der Waals surface area contributed by atoms with Crippen molar-refractivity contribution in [2.24, 2.45) is 0 Å². The predicted octanol–water partition coefficient (Wildman–Crippen LogP) is 5.98. The lowest BCUT2D eigenvalue weighted by Gasteiger charge is -2.10. The number of rotatable bonds is 3. The number of fused-ring (bicyclic) bond motifs is 1. The Labute approximate surface area is 183 Å². The molecule has 0 atom stereocenters. The number of halogens is 1. The van der Waals surface area contributed by atoms with Crippen LogP contribution in [0.15, 0.2) is 82.2 Å². The van der Waals surface area contributed by atoms with Gasteiger partial charge < -0.3 is 4.52 Å². The summed E-state index contributed by atoms with van der Waals surface area (Å²) >= 11 is 6.16. The van der Waals surface area contributed by atoms with E-state index < -0.39 is 0 Å². The van der Waals surface area contributed by atoms with E-state index in [1.807, 2.05) is 55.5 Å². The SMILES string of the molecule is Cc1ccc(-c2noc(-c3cn(-c4cccc(Cl)c4)c(=O)c4ccccc34)n2)cc1C. The van der Waals surface area contributed by atoms with Crippen molar-refractivity contribution in [2.75, 3.05) is 0 Å². The molecule has 2 aromatic heterocycles. The molecule has 5 rings (SSSR count). The molecule has 0 unspecified atom stereocenters. The summed E-state index contributed by atoms with van der Waals surface area (Å²) in [7, 11) is 0. The van der Waals surface area contributed by atoms with Crippen molar-refractivity contribution >= 4 is 22.4 Å². The first kappa shape index (κ1) is 19.3. The fraction of sp³-hybridized carbons (Fsp3) is 0.0800. The normalized spacial score (nSPS) is 11.2. The highest BCUT2D eigenvalue weighted by atomic mass is 35.5. The molecule has 0 fully saturated rings. The van der Waals surface area contributed by atoms with Crippen molar-refractivity contribution in [1.82, 2.24) is 14.7 Å². The molecule has 0 spiro atoms. The van der Waals surface area contributed by atoms with Crippen LogP contribution in [0.5, 0.6) is 0 Å². The van der Waals surface area contributed by atoms with E-state index in [9.17, 15) is 4.79 Å². The van der Waals surface area contributed by atoms with Gasteiger partial charge in [-0.3, -0.25) is 9.36 Å². The number of hydrogen-bond donors (Lipinski definition) is 0. The Balaban J connectivity index is 1.72. The minimum absolute atomic E-state index is 0.143. The van der Waals surface area contributed by atoms with Crippen LogP contribution in [0.25, 0.3) is 39.3 Å². The highest BCUT2D eigenvalue weighted by molar-refractivity contribution is 6.30. The molecule has 0 saturated heterocycles. The monoisotopic (exact) mass is 427 g/mol. The van der Waals surface area contributed by atoms with Gasteiger partial charge >= 0.3 is 0 Å². The molecule has 0 saturated carbocycles. The molecule has 152 valence electrons. The van der Waals surface area contributed by atoms with E-state index in [2.05, 4.69) is 17.1 Å². The number of benzene rings is 3. The maximum absolute atomic E-state index is 13.2. The second kappa shape index (κ2) is 7.52. The van der Waals surface area contributed by atoms with E-state index in [-0.39, 0.29) is 5.56 Å². The Hall–Kier alpha value is -3.70. The molecule has 0 amide bonds. The van der Waals surface area contributed by atoms with Crippen molar-refractivity contribution in [1.29, 1.82) is 0 Å². The summed E-state index contributed by atoms with van der Waals surface area (Å²) in [6, 6.07) is 20.6. The maximum Gasteiger partial charge on any atom is 0.262 e. The molecule has 5 nitrogen and oxygen atoms in total.